The molecule has 0 aliphatic rings. The number of halogens is 3. The molecule has 8 heteroatoms. The van der Waals surface area contributed by atoms with Gasteiger partial charge >= 0.3 is 6.18 Å². The van der Waals surface area contributed by atoms with E-state index >= 15 is 0 Å². The first-order valence-corrected chi connectivity index (χ1v) is 6.87. The second-order valence-corrected chi connectivity index (χ2v) is 4.69. The molecule has 0 amide bonds. The first-order valence-electron chi connectivity index (χ1n) is 6.87. The highest BCUT2D eigenvalue weighted by Gasteiger charge is 2.32. The Morgan fingerprint density at radius 2 is 1.79 bits per heavy atom. The third-order valence-corrected chi connectivity index (χ3v) is 2.90. The fraction of sp³-hybridized carbons (Fsp3) is 0.0625. The van der Waals surface area contributed by atoms with Gasteiger partial charge in [-0.25, -0.2) is 15.0 Å². The lowest BCUT2D eigenvalue weighted by atomic mass is 10.3. The predicted octanol–water partition coefficient (Wildman–Crippen LogP) is 4.43. The van der Waals surface area contributed by atoms with Crippen molar-refractivity contribution in [1.82, 2.24) is 15.0 Å². The monoisotopic (exact) mass is 332 g/mol. The van der Waals surface area contributed by atoms with E-state index in [9.17, 15) is 13.2 Å². The van der Waals surface area contributed by atoms with E-state index in [2.05, 4.69) is 20.3 Å². The minimum Gasteiger partial charge on any atom is -0.439 e. The van der Waals surface area contributed by atoms with Crippen LogP contribution in [-0.4, -0.2) is 15.0 Å². The summed E-state index contributed by atoms with van der Waals surface area (Å²) < 4.78 is 43.6. The van der Waals surface area contributed by atoms with E-state index in [0.29, 0.717) is 17.3 Å². The molecule has 0 atom stereocenters. The molecule has 3 rings (SSSR count). The van der Waals surface area contributed by atoms with Gasteiger partial charge in [-0.1, -0.05) is 12.1 Å². The maximum absolute atomic E-state index is 12.7. The van der Waals surface area contributed by atoms with Gasteiger partial charge < -0.3 is 10.1 Å². The van der Waals surface area contributed by atoms with Crippen molar-refractivity contribution in [2.75, 3.05) is 5.32 Å². The fourth-order valence-corrected chi connectivity index (χ4v) is 1.87. The molecular formula is C16H11F3N4O. The van der Waals surface area contributed by atoms with Crippen molar-refractivity contribution in [2.24, 2.45) is 0 Å². The number of nitrogens with zero attached hydrogens (tertiary/aromatic N) is 3. The Labute approximate surface area is 135 Å². The molecule has 5 nitrogen and oxygen atoms in total. The minimum atomic E-state index is -4.52. The van der Waals surface area contributed by atoms with Gasteiger partial charge in [-0.3, -0.25) is 0 Å². The first kappa shape index (κ1) is 15.7. The van der Waals surface area contributed by atoms with Crippen LogP contribution < -0.4 is 10.1 Å². The van der Waals surface area contributed by atoms with E-state index < -0.39 is 11.9 Å². The van der Waals surface area contributed by atoms with Gasteiger partial charge in [-0.15, -0.1) is 0 Å². The van der Waals surface area contributed by atoms with Crippen molar-refractivity contribution in [3.63, 3.8) is 0 Å². The highest BCUT2D eigenvalue weighted by Crippen LogP contribution is 2.28. The molecule has 122 valence electrons. The minimum absolute atomic E-state index is 0.153. The second-order valence-electron chi connectivity index (χ2n) is 4.69. The number of anilines is 2. The zero-order valence-electron chi connectivity index (χ0n) is 12.2. The number of hydrogen-bond acceptors (Lipinski definition) is 5. The molecular weight excluding hydrogens is 321 g/mol. The molecule has 0 aliphatic heterocycles. The maximum Gasteiger partial charge on any atom is 0.433 e. The topological polar surface area (TPSA) is 59.9 Å². The van der Waals surface area contributed by atoms with Crippen molar-refractivity contribution in [2.45, 2.75) is 6.18 Å². The predicted molar refractivity (Wildman–Crippen MR) is 81.1 cm³/mol. The molecule has 0 unspecified atom stereocenters. The molecule has 0 saturated heterocycles. The SMILES string of the molecule is FC(F)(F)c1ccnc(Nc2cccc(Oc3ccccn3)c2)n1. The van der Waals surface area contributed by atoms with E-state index in [1.807, 2.05) is 0 Å². The Kier molecular flexibility index (Phi) is 4.28. The van der Waals surface area contributed by atoms with Crippen LogP contribution in [0, 0.1) is 0 Å². The molecule has 2 aromatic heterocycles. The molecule has 3 aromatic rings. The Balaban J connectivity index is 1.78. The van der Waals surface area contributed by atoms with Crippen LogP contribution in [0.2, 0.25) is 0 Å². The number of pyridine rings is 1. The molecule has 0 aliphatic carbocycles. The Morgan fingerprint density at radius 3 is 2.54 bits per heavy atom. The average Bonchev–Trinajstić information content (AvgIpc) is 2.56. The van der Waals surface area contributed by atoms with Gasteiger partial charge in [-0.2, -0.15) is 13.2 Å². The molecule has 0 bridgehead atoms. The van der Waals surface area contributed by atoms with Gasteiger partial charge in [0.05, 0.1) is 0 Å². The molecule has 0 spiro atoms. The van der Waals surface area contributed by atoms with Gasteiger partial charge in [0.25, 0.3) is 0 Å². The van der Waals surface area contributed by atoms with Crippen LogP contribution in [0.1, 0.15) is 5.69 Å². The van der Waals surface area contributed by atoms with Crippen molar-refractivity contribution in [3.05, 3.63) is 66.6 Å². The van der Waals surface area contributed by atoms with E-state index in [-0.39, 0.29) is 5.95 Å². The van der Waals surface area contributed by atoms with Crippen molar-refractivity contribution in [3.8, 4) is 11.6 Å². The Bertz CT molecular complexity index is 825. The fourth-order valence-electron chi connectivity index (χ4n) is 1.87. The smallest absolute Gasteiger partial charge is 0.433 e. The lowest BCUT2D eigenvalue weighted by Gasteiger charge is -2.10. The molecule has 1 N–H and O–H groups in total. The lowest BCUT2D eigenvalue weighted by Crippen LogP contribution is -2.10. The van der Waals surface area contributed by atoms with Gasteiger partial charge in [-0.05, 0) is 24.3 Å². The quantitative estimate of drug-likeness (QED) is 0.766. The average molecular weight is 332 g/mol. The molecule has 0 saturated carbocycles. The summed E-state index contributed by atoms with van der Waals surface area (Å²) in [6.07, 6.45) is -1.89. The van der Waals surface area contributed by atoms with Crippen LogP contribution in [0.15, 0.2) is 60.9 Å². The summed E-state index contributed by atoms with van der Waals surface area (Å²) in [5.41, 5.74) is -0.524. The second kappa shape index (κ2) is 6.53. The number of ether oxygens (including phenoxy) is 1. The summed E-state index contributed by atoms with van der Waals surface area (Å²) in [6.45, 7) is 0. The molecule has 2 heterocycles. The van der Waals surface area contributed by atoms with Crippen molar-refractivity contribution < 1.29 is 17.9 Å². The van der Waals surface area contributed by atoms with Crippen LogP contribution in [0.5, 0.6) is 11.6 Å². The normalized spacial score (nSPS) is 11.1. The summed E-state index contributed by atoms with van der Waals surface area (Å²) in [7, 11) is 0. The Hall–Kier alpha value is -3.16. The van der Waals surface area contributed by atoms with Gasteiger partial charge in [0, 0.05) is 30.2 Å². The number of alkyl halides is 3. The highest BCUT2D eigenvalue weighted by atomic mass is 19.4. The molecule has 0 fully saturated rings. The maximum atomic E-state index is 12.7. The largest absolute Gasteiger partial charge is 0.439 e. The zero-order chi connectivity index (χ0) is 17.0. The van der Waals surface area contributed by atoms with Crippen LogP contribution >= 0.6 is 0 Å². The number of aromatic nitrogens is 3. The summed E-state index contributed by atoms with van der Waals surface area (Å²) in [5.74, 6) is 0.732. The van der Waals surface area contributed by atoms with Crippen LogP contribution in [-0.2, 0) is 6.18 Å². The summed E-state index contributed by atoms with van der Waals surface area (Å²) in [5, 5.41) is 2.72. The highest BCUT2D eigenvalue weighted by molar-refractivity contribution is 5.56. The number of rotatable bonds is 4. The van der Waals surface area contributed by atoms with E-state index in [1.54, 1.807) is 48.7 Å². The summed E-state index contributed by atoms with van der Waals surface area (Å²) >= 11 is 0. The summed E-state index contributed by atoms with van der Waals surface area (Å²) in [4.78, 5) is 11.3. The van der Waals surface area contributed by atoms with Gasteiger partial charge in [0.15, 0.2) is 0 Å². The number of hydrogen-bond donors (Lipinski definition) is 1. The molecule has 0 radical (unpaired) electrons. The number of nitrogens with one attached hydrogen (secondary N) is 1. The third kappa shape index (κ3) is 3.97. The molecule has 24 heavy (non-hydrogen) atoms. The third-order valence-electron chi connectivity index (χ3n) is 2.90. The Morgan fingerprint density at radius 1 is 0.917 bits per heavy atom. The van der Waals surface area contributed by atoms with Crippen LogP contribution in [0.25, 0.3) is 0 Å². The van der Waals surface area contributed by atoms with E-state index in [4.69, 9.17) is 4.74 Å². The summed E-state index contributed by atoms with van der Waals surface area (Å²) in [6, 6.07) is 12.7. The van der Waals surface area contributed by atoms with Crippen molar-refractivity contribution >= 4 is 11.6 Å². The van der Waals surface area contributed by atoms with Gasteiger partial charge in [0.2, 0.25) is 11.8 Å². The van der Waals surface area contributed by atoms with Gasteiger partial charge in [0.1, 0.15) is 11.4 Å². The van der Waals surface area contributed by atoms with E-state index in [1.165, 1.54) is 0 Å². The lowest BCUT2D eigenvalue weighted by molar-refractivity contribution is -0.141. The van der Waals surface area contributed by atoms with E-state index in [0.717, 1.165) is 12.3 Å². The zero-order valence-corrected chi connectivity index (χ0v) is 12.2. The number of benzene rings is 1. The first-order chi connectivity index (χ1) is 11.5. The van der Waals surface area contributed by atoms with Crippen molar-refractivity contribution in [1.29, 1.82) is 0 Å². The van der Waals surface area contributed by atoms with Crippen LogP contribution in [0.3, 0.4) is 0 Å². The standard InChI is InChI=1S/C16H11F3N4O/c17-16(18,19)13-7-9-21-15(23-13)22-11-4-3-5-12(10-11)24-14-6-1-2-8-20-14/h1-10H,(H,21,22,23). The van der Waals surface area contributed by atoms with Crippen LogP contribution in [0.4, 0.5) is 24.8 Å². The molecule has 1 aromatic carbocycles.